The van der Waals surface area contributed by atoms with E-state index in [0.29, 0.717) is 5.69 Å². The van der Waals surface area contributed by atoms with Crippen LogP contribution in [0.4, 0.5) is 8.78 Å². The van der Waals surface area contributed by atoms with Crippen molar-refractivity contribution in [2.75, 3.05) is 13.3 Å². The molecule has 0 bridgehead atoms. The van der Waals surface area contributed by atoms with Gasteiger partial charge in [0.1, 0.15) is 0 Å². The minimum absolute atomic E-state index is 0.0549. The summed E-state index contributed by atoms with van der Waals surface area (Å²) in [7, 11) is 1.77. The Hall–Kier alpha value is -1.01. The number of nitrogens with two attached hydrogens (primary N) is 1. The Morgan fingerprint density at radius 2 is 2.12 bits per heavy atom. The fourth-order valence-electron chi connectivity index (χ4n) is 2.63. The summed E-state index contributed by atoms with van der Waals surface area (Å²) < 4.78 is 27.1. The van der Waals surface area contributed by atoms with E-state index in [1.165, 1.54) is 0 Å². The monoisotopic (exact) mass is 245 g/mol. The Balaban J connectivity index is 2.13. The molecule has 0 saturated heterocycles. The zero-order valence-corrected chi connectivity index (χ0v) is 9.74. The molecule has 1 aliphatic rings. The molecular weight excluding hydrogens is 228 g/mol. The fourth-order valence-corrected chi connectivity index (χ4v) is 2.63. The number of nitrogens with zero attached hydrogens (tertiary/aromatic N) is 2. The van der Waals surface area contributed by atoms with Crippen LogP contribution in [-0.4, -0.2) is 33.6 Å². The first kappa shape index (κ1) is 12.4. The predicted octanol–water partition coefficient (Wildman–Crippen LogP) is 0.870. The quantitative estimate of drug-likeness (QED) is 0.827. The van der Waals surface area contributed by atoms with Crippen LogP contribution in [0.15, 0.2) is 12.5 Å². The highest BCUT2D eigenvalue weighted by molar-refractivity contribution is 5.17. The van der Waals surface area contributed by atoms with Crippen LogP contribution in [0.3, 0.4) is 0 Å². The van der Waals surface area contributed by atoms with Crippen molar-refractivity contribution in [3.8, 4) is 0 Å². The zero-order valence-electron chi connectivity index (χ0n) is 9.74. The number of alkyl halides is 2. The Bertz CT molecular complexity index is 395. The third-order valence-corrected chi connectivity index (χ3v) is 3.68. The molecule has 17 heavy (non-hydrogen) atoms. The van der Waals surface area contributed by atoms with Crippen LogP contribution in [0.1, 0.15) is 24.6 Å². The number of aromatic nitrogens is 2. The van der Waals surface area contributed by atoms with Crippen molar-refractivity contribution < 1.29 is 13.9 Å². The zero-order chi connectivity index (χ0) is 12.7. The van der Waals surface area contributed by atoms with Gasteiger partial charge in [-0.05, 0) is 12.8 Å². The lowest BCUT2D eigenvalue weighted by Gasteiger charge is -2.53. The number of hydrogen-bond acceptors (Lipinski definition) is 3. The van der Waals surface area contributed by atoms with Gasteiger partial charge in [-0.3, -0.25) is 8.78 Å². The molecule has 0 aromatic carbocycles. The van der Waals surface area contributed by atoms with E-state index < -0.39 is 30.4 Å². The summed E-state index contributed by atoms with van der Waals surface area (Å²) in [4.78, 5) is 3.92. The summed E-state index contributed by atoms with van der Waals surface area (Å²) in [6.07, 6.45) is 3.25. The second kappa shape index (κ2) is 4.03. The first-order valence-electron chi connectivity index (χ1n) is 5.52. The second-order valence-electron chi connectivity index (χ2n) is 5.13. The minimum Gasteiger partial charge on any atom is -0.388 e. The van der Waals surface area contributed by atoms with E-state index in [4.69, 9.17) is 5.73 Å². The summed E-state index contributed by atoms with van der Waals surface area (Å²) in [5.41, 5.74) is 4.35. The maximum Gasteiger partial charge on any atom is 0.0977 e. The SMILES string of the molecule is Cn1cncc1C(N)C1(O)CC(CF)(CF)C1. The van der Waals surface area contributed by atoms with Crippen LogP contribution in [0.25, 0.3) is 0 Å². The molecule has 1 atom stereocenters. The molecule has 1 unspecified atom stereocenters. The molecule has 0 spiro atoms. The third kappa shape index (κ3) is 1.85. The molecule has 1 fully saturated rings. The normalized spacial score (nSPS) is 23.1. The first-order valence-corrected chi connectivity index (χ1v) is 5.52. The Labute approximate surface area is 98.4 Å². The highest BCUT2D eigenvalue weighted by Gasteiger charge is 2.57. The number of aliphatic hydroxyl groups is 1. The van der Waals surface area contributed by atoms with Crippen molar-refractivity contribution in [2.24, 2.45) is 18.2 Å². The van der Waals surface area contributed by atoms with Gasteiger partial charge in [-0.1, -0.05) is 0 Å². The van der Waals surface area contributed by atoms with E-state index in [2.05, 4.69) is 4.98 Å². The van der Waals surface area contributed by atoms with E-state index in [1.54, 1.807) is 24.1 Å². The third-order valence-electron chi connectivity index (χ3n) is 3.68. The van der Waals surface area contributed by atoms with Crippen LogP contribution in [-0.2, 0) is 7.05 Å². The summed E-state index contributed by atoms with van der Waals surface area (Å²) in [5, 5.41) is 10.3. The molecule has 1 aliphatic carbocycles. The van der Waals surface area contributed by atoms with Gasteiger partial charge in [0.25, 0.3) is 0 Å². The maximum absolute atomic E-state index is 12.7. The van der Waals surface area contributed by atoms with Gasteiger partial charge in [-0.15, -0.1) is 0 Å². The molecule has 1 aromatic heterocycles. The van der Waals surface area contributed by atoms with Gasteiger partial charge >= 0.3 is 0 Å². The van der Waals surface area contributed by atoms with Crippen molar-refractivity contribution in [1.82, 2.24) is 9.55 Å². The van der Waals surface area contributed by atoms with Crippen LogP contribution in [0.2, 0.25) is 0 Å². The molecule has 1 saturated carbocycles. The van der Waals surface area contributed by atoms with Gasteiger partial charge in [0, 0.05) is 18.7 Å². The topological polar surface area (TPSA) is 64.1 Å². The van der Waals surface area contributed by atoms with E-state index in [1.807, 2.05) is 0 Å². The van der Waals surface area contributed by atoms with Crippen LogP contribution < -0.4 is 5.73 Å². The Kier molecular flexibility index (Phi) is 2.95. The Morgan fingerprint density at radius 3 is 2.53 bits per heavy atom. The average Bonchev–Trinajstić information content (AvgIpc) is 2.70. The lowest BCUT2D eigenvalue weighted by molar-refractivity contribution is -0.159. The fraction of sp³-hybridized carbons (Fsp3) is 0.727. The van der Waals surface area contributed by atoms with E-state index in [-0.39, 0.29) is 12.8 Å². The summed E-state index contributed by atoms with van der Waals surface area (Å²) in [5.74, 6) is 0. The van der Waals surface area contributed by atoms with Gasteiger partial charge in [-0.2, -0.15) is 0 Å². The molecule has 2 rings (SSSR count). The van der Waals surface area contributed by atoms with Crippen molar-refractivity contribution in [1.29, 1.82) is 0 Å². The number of hydrogen-bond donors (Lipinski definition) is 2. The maximum atomic E-state index is 12.7. The van der Waals surface area contributed by atoms with Crippen molar-refractivity contribution in [3.63, 3.8) is 0 Å². The lowest BCUT2D eigenvalue weighted by atomic mass is 9.57. The smallest absolute Gasteiger partial charge is 0.0977 e. The van der Waals surface area contributed by atoms with Gasteiger partial charge in [0.05, 0.1) is 37.0 Å². The molecule has 6 heteroatoms. The number of aryl methyl sites for hydroxylation is 1. The second-order valence-corrected chi connectivity index (χ2v) is 5.13. The Morgan fingerprint density at radius 1 is 1.53 bits per heavy atom. The molecule has 1 aromatic rings. The molecular formula is C11H17F2N3O. The standard InChI is InChI=1S/C11H17F2N3O/c1-16-7-15-2-8(16)9(14)11(17)3-10(4-11,5-12)6-13/h2,7,9,17H,3-6,14H2,1H3. The molecule has 3 N–H and O–H groups in total. The van der Waals surface area contributed by atoms with Crippen molar-refractivity contribution in [3.05, 3.63) is 18.2 Å². The van der Waals surface area contributed by atoms with Crippen LogP contribution in [0.5, 0.6) is 0 Å². The van der Waals surface area contributed by atoms with Gasteiger partial charge in [0.2, 0.25) is 0 Å². The summed E-state index contributed by atoms with van der Waals surface area (Å²) in [6, 6.07) is -0.666. The molecule has 0 radical (unpaired) electrons. The van der Waals surface area contributed by atoms with E-state index >= 15 is 0 Å². The largest absolute Gasteiger partial charge is 0.388 e. The molecule has 0 aliphatic heterocycles. The molecule has 96 valence electrons. The van der Waals surface area contributed by atoms with Crippen LogP contribution >= 0.6 is 0 Å². The van der Waals surface area contributed by atoms with Gasteiger partial charge in [-0.25, -0.2) is 4.98 Å². The summed E-state index contributed by atoms with van der Waals surface area (Å²) in [6.45, 7) is -1.52. The van der Waals surface area contributed by atoms with E-state index in [0.717, 1.165) is 0 Å². The molecule has 1 heterocycles. The number of halogens is 2. The first-order chi connectivity index (χ1) is 7.96. The highest BCUT2D eigenvalue weighted by Crippen LogP contribution is 2.53. The van der Waals surface area contributed by atoms with Crippen molar-refractivity contribution in [2.45, 2.75) is 24.5 Å². The van der Waals surface area contributed by atoms with E-state index in [9.17, 15) is 13.9 Å². The van der Waals surface area contributed by atoms with Crippen LogP contribution in [0, 0.1) is 5.41 Å². The average molecular weight is 245 g/mol. The predicted molar refractivity (Wildman–Crippen MR) is 58.7 cm³/mol. The molecule has 4 nitrogen and oxygen atoms in total. The van der Waals surface area contributed by atoms with Gasteiger partial charge < -0.3 is 15.4 Å². The minimum atomic E-state index is -1.23. The van der Waals surface area contributed by atoms with Crippen molar-refractivity contribution >= 4 is 0 Å². The number of rotatable bonds is 4. The number of imidazole rings is 1. The summed E-state index contributed by atoms with van der Waals surface area (Å²) >= 11 is 0. The molecule has 0 amide bonds. The highest BCUT2D eigenvalue weighted by atomic mass is 19.1. The lowest BCUT2D eigenvalue weighted by Crippen LogP contribution is -2.59. The van der Waals surface area contributed by atoms with Gasteiger partial charge in [0.15, 0.2) is 0 Å².